The first-order valence-electron chi connectivity index (χ1n) is 8.16. The number of carbonyl (C=O) groups is 1. The Bertz CT molecular complexity index is 665. The van der Waals surface area contributed by atoms with Crippen molar-refractivity contribution >= 4 is 11.7 Å². The van der Waals surface area contributed by atoms with Crippen LogP contribution in [-0.2, 0) is 5.60 Å². The molecule has 2 aromatic rings. The van der Waals surface area contributed by atoms with Gasteiger partial charge in [0, 0.05) is 5.69 Å². The summed E-state index contributed by atoms with van der Waals surface area (Å²) in [5, 5.41) is 16.3. The SMILES string of the molecule is CCOc1ccc(NC(=O)NCC(O)(c2ccco2)C2CC2)cc1. The van der Waals surface area contributed by atoms with Crippen molar-refractivity contribution in [2.24, 2.45) is 5.92 Å². The van der Waals surface area contributed by atoms with Crippen molar-refractivity contribution in [1.29, 1.82) is 0 Å². The van der Waals surface area contributed by atoms with E-state index in [0.29, 0.717) is 18.1 Å². The lowest BCUT2D eigenvalue weighted by Crippen LogP contribution is -2.43. The second-order valence-corrected chi connectivity index (χ2v) is 5.94. The number of hydrogen-bond acceptors (Lipinski definition) is 4. The smallest absolute Gasteiger partial charge is 0.319 e. The normalized spacial score (nSPS) is 16.2. The van der Waals surface area contributed by atoms with Gasteiger partial charge in [-0.1, -0.05) is 0 Å². The van der Waals surface area contributed by atoms with Crippen LogP contribution in [0.2, 0.25) is 0 Å². The van der Waals surface area contributed by atoms with Crippen molar-refractivity contribution < 1.29 is 19.1 Å². The molecule has 3 N–H and O–H groups in total. The second-order valence-electron chi connectivity index (χ2n) is 5.94. The van der Waals surface area contributed by atoms with E-state index in [2.05, 4.69) is 10.6 Å². The molecule has 0 bridgehead atoms. The lowest BCUT2D eigenvalue weighted by atomic mass is 9.94. The Balaban J connectivity index is 1.56. The Hall–Kier alpha value is -2.47. The summed E-state index contributed by atoms with van der Waals surface area (Å²) in [6, 6.07) is 10.2. The maximum absolute atomic E-state index is 12.1. The average Bonchev–Trinajstić information content (AvgIpc) is 3.30. The number of furan rings is 1. The largest absolute Gasteiger partial charge is 0.494 e. The third-order valence-corrected chi connectivity index (χ3v) is 4.14. The van der Waals surface area contributed by atoms with Gasteiger partial charge >= 0.3 is 6.03 Å². The zero-order valence-electron chi connectivity index (χ0n) is 13.6. The van der Waals surface area contributed by atoms with E-state index in [4.69, 9.17) is 9.15 Å². The summed E-state index contributed by atoms with van der Waals surface area (Å²) >= 11 is 0. The topological polar surface area (TPSA) is 83.7 Å². The first-order chi connectivity index (χ1) is 11.6. The molecule has 1 heterocycles. The highest BCUT2D eigenvalue weighted by atomic mass is 16.5. The zero-order chi connectivity index (χ0) is 17.0. The number of amides is 2. The van der Waals surface area contributed by atoms with Crippen LogP contribution in [0.25, 0.3) is 0 Å². The fraction of sp³-hybridized carbons (Fsp3) is 0.389. The maximum atomic E-state index is 12.1. The predicted molar refractivity (Wildman–Crippen MR) is 90.0 cm³/mol. The van der Waals surface area contributed by atoms with Crippen LogP contribution >= 0.6 is 0 Å². The molecule has 0 saturated heterocycles. The van der Waals surface area contributed by atoms with Gasteiger partial charge in [0.15, 0.2) is 0 Å². The van der Waals surface area contributed by atoms with E-state index in [9.17, 15) is 9.90 Å². The van der Waals surface area contributed by atoms with Crippen LogP contribution in [0.5, 0.6) is 5.75 Å². The molecule has 0 aliphatic heterocycles. The molecule has 1 aromatic heterocycles. The molecule has 1 fully saturated rings. The summed E-state index contributed by atoms with van der Waals surface area (Å²) in [5.41, 5.74) is -0.497. The van der Waals surface area contributed by atoms with E-state index >= 15 is 0 Å². The Morgan fingerprint density at radius 3 is 2.67 bits per heavy atom. The van der Waals surface area contributed by atoms with E-state index in [1.165, 1.54) is 6.26 Å². The van der Waals surface area contributed by atoms with Gasteiger partial charge in [0.2, 0.25) is 0 Å². The van der Waals surface area contributed by atoms with E-state index in [1.54, 1.807) is 36.4 Å². The van der Waals surface area contributed by atoms with Gasteiger partial charge < -0.3 is 24.9 Å². The van der Waals surface area contributed by atoms with Crippen LogP contribution in [0.15, 0.2) is 47.1 Å². The highest BCUT2D eigenvalue weighted by Crippen LogP contribution is 2.45. The number of urea groups is 1. The molecule has 1 aliphatic carbocycles. The van der Waals surface area contributed by atoms with Gasteiger partial charge in [0.25, 0.3) is 0 Å². The molecule has 1 saturated carbocycles. The van der Waals surface area contributed by atoms with Crippen molar-refractivity contribution in [3.8, 4) is 5.75 Å². The number of rotatable bonds is 7. The van der Waals surface area contributed by atoms with E-state index in [0.717, 1.165) is 18.6 Å². The third-order valence-electron chi connectivity index (χ3n) is 4.14. The number of carbonyl (C=O) groups excluding carboxylic acids is 1. The summed E-state index contributed by atoms with van der Waals surface area (Å²) < 4.78 is 10.7. The maximum Gasteiger partial charge on any atom is 0.319 e. The van der Waals surface area contributed by atoms with Gasteiger partial charge in [-0.15, -0.1) is 0 Å². The highest BCUT2D eigenvalue weighted by Gasteiger charge is 2.47. The monoisotopic (exact) mass is 330 g/mol. The lowest BCUT2D eigenvalue weighted by molar-refractivity contribution is -0.00414. The van der Waals surface area contributed by atoms with E-state index in [1.807, 2.05) is 6.92 Å². The number of anilines is 1. The molecule has 1 aromatic carbocycles. The minimum atomic E-state index is -1.15. The van der Waals surface area contributed by atoms with Gasteiger partial charge in [-0.3, -0.25) is 0 Å². The van der Waals surface area contributed by atoms with E-state index < -0.39 is 5.60 Å². The molecular formula is C18H22N2O4. The number of hydrogen-bond donors (Lipinski definition) is 3. The minimum absolute atomic E-state index is 0.105. The third kappa shape index (κ3) is 3.71. The van der Waals surface area contributed by atoms with Gasteiger partial charge in [-0.05, 0) is 62.1 Å². The standard InChI is InChI=1S/C18H22N2O4/c1-2-23-15-9-7-14(8-10-15)20-17(21)19-12-18(22,13-5-6-13)16-4-3-11-24-16/h3-4,7-11,13,22H,2,5-6,12H2,1H3,(H2,19,20,21). The lowest BCUT2D eigenvalue weighted by Gasteiger charge is -2.26. The molecule has 2 amide bonds. The highest BCUT2D eigenvalue weighted by molar-refractivity contribution is 5.89. The van der Waals surface area contributed by atoms with Gasteiger partial charge in [-0.25, -0.2) is 4.79 Å². The van der Waals surface area contributed by atoms with Crippen molar-refractivity contribution in [3.05, 3.63) is 48.4 Å². The van der Waals surface area contributed by atoms with Crippen LogP contribution in [0, 0.1) is 5.92 Å². The minimum Gasteiger partial charge on any atom is -0.494 e. The summed E-state index contributed by atoms with van der Waals surface area (Å²) in [7, 11) is 0. The van der Waals surface area contributed by atoms with Crippen molar-refractivity contribution in [2.45, 2.75) is 25.4 Å². The van der Waals surface area contributed by atoms with Crippen LogP contribution in [0.4, 0.5) is 10.5 Å². The van der Waals surface area contributed by atoms with Crippen LogP contribution < -0.4 is 15.4 Å². The molecule has 24 heavy (non-hydrogen) atoms. The van der Waals surface area contributed by atoms with Crippen LogP contribution in [0.1, 0.15) is 25.5 Å². The van der Waals surface area contributed by atoms with Gasteiger partial charge in [-0.2, -0.15) is 0 Å². The Morgan fingerprint density at radius 1 is 1.33 bits per heavy atom. The second kappa shape index (κ2) is 6.97. The number of ether oxygens (including phenoxy) is 1. The fourth-order valence-electron chi connectivity index (χ4n) is 2.71. The quantitative estimate of drug-likeness (QED) is 0.728. The molecule has 3 rings (SSSR count). The van der Waals surface area contributed by atoms with Crippen LogP contribution in [-0.4, -0.2) is 24.3 Å². The fourth-order valence-corrected chi connectivity index (χ4v) is 2.71. The zero-order valence-corrected chi connectivity index (χ0v) is 13.6. The van der Waals surface area contributed by atoms with Crippen molar-refractivity contribution in [3.63, 3.8) is 0 Å². The first-order valence-corrected chi connectivity index (χ1v) is 8.16. The summed E-state index contributed by atoms with van der Waals surface area (Å²) in [6.07, 6.45) is 3.39. The number of aliphatic hydroxyl groups is 1. The summed E-state index contributed by atoms with van der Waals surface area (Å²) in [5.74, 6) is 1.37. The average molecular weight is 330 g/mol. The molecule has 6 nitrogen and oxygen atoms in total. The molecule has 1 aliphatic rings. The molecule has 0 spiro atoms. The molecule has 1 unspecified atom stereocenters. The van der Waals surface area contributed by atoms with Crippen molar-refractivity contribution in [1.82, 2.24) is 5.32 Å². The predicted octanol–water partition coefficient (Wildman–Crippen LogP) is 3.10. The molecule has 0 radical (unpaired) electrons. The Kier molecular flexibility index (Phi) is 4.76. The molecular weight excluding hydrogens is 308 g/mol. The number of benzene rings is 1. The Labute approximate surface area is 140 Å². The van der Waals surface area contributed by atoms with Gasteiger partial charge in [0.1, 0.15) is 17.1 Å². The molecule has 6 heteroatoms. The van der Waals surface area contributed by atoms with Gasteiger partial charge in [0.05, 0.1) is 19.4 Å². The Morgan fingerprint density at radius 2 is 2.08 bits per heavy atom. The molecule has 128 valence electrons. The summed E-state index contributed by atoms with van der Waals surface area (Å²) in [4.78, 5) is 12.1. The molecule has 1 atom stereocenters. The van der Waals surface area contributed by atoms with Crippen molar-refractivity contribution in [2.75, 3.05) is 18.5 Å². The van der Waals surface area contributed by atoms with E-state index in [-0.39, 0.29) is 18.5 Å². The first kappa shape index (κ1) is 16.4. The van der Waals surface area contributed by atoms with Crippen LogP contribution in [0.3, 0.4) is 0 Å². The number of nitrogens with one attached hydrogen (secondary N) is 2. The summed E-state index contributed by atoms with van der Waals surface area (Å²) in [6.45, 7) is 2.62.